The average molecular weight is 471 g/mol. The van der Waals surface area contributed by atoms with Gasteiger partial charge in [0, 0.05) is 12.0 Å². The number of aliphatic hydroxyl groups is 1. The number of alkyl carbamates (subject to hydrolysis) is 1. The van der Waals surface area contributed by atoms with Gasteiger partial charge < -0.3 is 24.3 Å². The van der Waals surface area contributed by atoms with Gasteiger partial charge in [-0.2, -0.15) is 0 Å². The van der Waals surface area contributed by atoms with Gasteiger partial charge in [0.2, 0.25) is 5.89 Å². The second-order valence-electron chi connectivity index (χ2n) is 7.54. The number of nitrogens with zero attached hydrogens (tertiary/aromatic N) is 1. The van der Waals surface area contributed by atoms with Crippen LogP contribution in [0.5, 0.6) is 0 Å². The van der Waals surface area contributed by atoms with Crippen molar-refractivity contribution < 1.29 is 28.6 Å². The number of aromatic nitrogens is 1. The highest BCUT2D eigenvalue weighted by atomic mass is 35.5. The number of oxazole rings is 1. The van der Waals surface area contributed by atoms with Crippen LogP contribution in [0.1, 0.15) is 39.2 Å². The number of carbonyl (C=O) groups is 2. The fourth-order valence-electron chi connectivity index (χ4n) is 2.53. The molecule has 10 heteroatoms. The molecule has 2 rings (SSSR count). The molecule has 0 saturated heterocycles. The number of rotatable bonds is 8. The largest absolute Gasteiger partial charge is 0.458 e. The molecule has 2 atom stereocenters. The molecule has 1 heterocycles. The minimum absolute atomic E-state index is 0.0445. The van der Waals surface area contributed by atoms with Gasteiger partial charge in [-0.3, -0.25) is 0 Å². The molecule has 2 aromatic rings. The molecular weight excluding hydrogens is 447 g/mol. The van der Waals surface area contributed by atoms with Crippen molar-refractivity contribution in [1.29, 1.82) is 0 Å². The van der Waals surface area contributed by atoms with E-state index in [1.807, 2.05) is 0 Å². The molecule has 168 valence electrons. The van der Waals surface area contributed by atoms with Gasteiger partial charge in [-0.05, 0) is 32.9 Å². The number of esters is 1. The maximum atomic E-state index is 12.5. The molecule has 31 heavy (non-hydrogen) atoms. The number of hydrogen-bond donors (Lipinski definition) is 2. The minimum atomic E-state index is -1.34. The van der Waals surface area contributed by atoms with E-state index >= 15 is 0 Å². The Labute approximate surface area is 190 Å². The van der Waals surface area contributed by atoms with E-state index in [0.717, 1.165) is 0 Å². The Morgan fingerprint density at radius 3 is 2.55 bits per heavy atom. The van der Waals surface area contributed by atoms with Crippen LogP contribution in [-0.4, -0.2) is 40.4 Å². The van der Waals surface area contributed by atoms with Gasteiger partial charge in [0.15, 0.2) is 0 Å². The van der Waals surface area contributed by atoms with Gasteiger partial charge in [0.05, 0.1) is 10.0 Å². The number of nitrogens with one attached hydrogen (secondary N) is 1. The highest BCUT2D eigenvalue weighted by Crippen LogP contribution is 2.35. The van der Waals surface area contributed by atoms with Crippen molar-refractivity contribution in [3.63, 3.8) is 0 Å². The van der Waals surface area contributed by atoms with Gasteiger partial charge in [-0.1, -0.05) is 41.9 Å². The zero-order valence-corrected chi connectivity index (χ0v) is 18.9. The van der Waals surface area contributed by atoms with Crippen LogP contribution in [-0.2, 0) is 14.3 Å². The Hall–Kier alpha value is -2.55. The van der Waals surface area contributed by atoms with Crippen molar-refractivity contribution >= 4 is 35.3 Å². The van der Waals surface area contributed by atoms with Gasteiger partial charge in [0.25, 0.3) is 0 Å². The lowest BCUT2D eigenvalue weighted by Gasteiger charge is -2.25. The van der Waals surface area contributed by atoms with Crippen molar-refractivity contribution in [2.75, 3.05) is 6.61 Å². The molecule has 0 aliphatic carbocycles. The summed E-state index contributed by atoms with van der Waals surface area (Å²) in [6, 6.07) is 3.76. The van der Waals surface area contributed by atoms with Crippen LogP contribution in [0.4, 0.5) is 4.79 Å². The number of carbonyl (C=O) groups excluding carboxylic acids is 2. The monoisotopic (exact) mass is 470 g/mol. The van der Waals surface area contributed by atoms with Gasteiger partial charge in [0.1, 0.15) is 36.3 Å². The normalized spacial score (nSPS) is 13.2. The first-order chi connectivity index (χ1) is 14.5. The van der Waals surface area contributed by atoms with Crippen LogP contribution in [0.3, 0.4) is 0 Å². The highest BCUT2D eigenvalue weighted by Gasteiger charge is 2.31. The van der Waals surface area contributed by atoms with E-state index < -0.39 is 29.8 Å². The Bertz CT molecular complexity index is 918. The van der Waals surface area contributed by atoms with E-state index in [4.69, 9.17) is 37.1 Å². The molecule has 1 aromatic carbocycles. The van der Waals surface area contributed by atoms with Crippen molar-refractivity contribution in [3.8, 4) is 11.3 Å². The van der Waals surface area contributed by atoms with E-state index in [0.29, 0.717) is 21.3 Å². The highest BCUT2D eigenvalue weighted by molar-refractivity contribution is 6.39. The number of hydrogen-bond acceptors (Lipinski definition) is 7. The molecule has 1 aromatic heterocycles. The second-order valence-corrected chi connectivity index (χ2v) is 8.35. The lowest BCUT2D eigenvalue weighted by atomic mass is 10.1. The lowest BCUT2D eigenvalue weighted by Crippen LogP contribution is -2.45. The average Bonchev–Trinajstić information content (AvgIpc) is 3.14. The quantitative estimate of drug-likeness (QED) is 0.424. The van der Waals surface area contributed by atoms with Crippen molar-refractivity contribution in [3.05, 3.63) is 53.1 Å². The number of amides is 1. The summed E-state index contributed by atoms with van der Waals surface area (Å²) < 4.78 is 15.5. The summed E-state index contributed by atoms with van der Waals surface area (Å²) in [5, 5.41) is 13.7. The third kappa shape index (κ3) is 7.27. The summed E-state index contributed by atoms with van der Waals surface area (Å²) in [4.78, 5) is 28.7. The Morgan fingerprint density at radius 1 is 1.32 bits per heavy atom. The molecule has 0 bridgehead atoms. The predicted molar refractivity (Wildman–Crippen MR) is 116 cm³/mol. The van der Waals surface area contributed by atoms with E-state index in [-0.39, 0.29) is 18.9 Å². The van der Waals surface area contributed by atoms with Crippen molar-refractivity contribution in [2.24, 2.45) is 0 Å². The fraction of sp³-hybridized carbons (Fsp3) is 0.381. The van der Waals surface area contributed by atoms with Gasteiger partial charge >= 0.3 is 12.1 Å². The van der Waals surface area contributed by atoms with Crippen molar-refractivity contribution in [1.82, 2.24) is 10.3 Å². The Balaban J connectivity index is 2.19. The Kier molecular flexibility index (Phi) is 8.50. The topological polar surface area (TPSA) is 111 Å². The van der Waals surface area contributed by atoms with Crippen molar-refractivity contribution in [2.45, 2.75) is 44.9 Å². The van der Waals surface area contributed by atoms with Crippen LogP contribution < -0.4 is 5.32 Å². The smallest absolute Gasteiger partial charge is 0.408 e. The first-order valence-corrected chi connectivity index (χ1v) is 10.1. The fourth-order valence-corrected chi connectivity index (χ4v) is 3.12. The number of ether oxygens (including phenoxy) is 2. The molecule has 0 saturated carbocycles. The zero-order valence-electron chi connectivity index (χ0n) is 17.4. The molecule has 8 nitrogen and oxygen atoms in total. The number of benzene rings is 1. The molecule has 1 unspecified atom stereocenters. The third-order valence-corrected chi connectivity index (χ3v) is 4.43. The summed E-state index contributed by atoms with van der Waals surface area (Å²) in [7, 11) is 0. The number of halogens is 2. The first-order valence-electron chi connectivity index (χ1n) is 9.36. The minimum Gasteiger partial charge on any atom is -0.458 e. The van der Waals surface area contributed by atoms with Crippen LogP contribution in [0.25, 0.3) is 11.3 Å². The van der Waals surface area contributed by atoms with Crippen LogP contribution in [0.2, 0.25) is 10.0 Å². The molecular formula is C21H24Cl2N2O6. The maximum absolute atomic E-state index is 12.5. The Morgan fingerprint density at radius 2 is 1.97 bits per heavy atom. The van der Waals surface area contributed by atoms with E-state index in [1.54, 1.807) is 39.0 Å². The lowest BCUT2D eigenvalue weighted by molar-refractivity contribution is -0.158. The SMILES string of the molecule is C=CCOC(=O)NC(C[C@H](O)c1nc(-c2c(Cl)cccc2Cl)co1)C(=O)OC(C)(C)C. The predicted octanol–water partition coefficient (Wildman–Crippen LogP) is 4.69. The molecule has 0 fully saturated rings. The first kappa shape index (κ1) is 24.7. The molecule has 0 radical (unpaired) electrons. The summed E-state index contributed by atoms with van der Waals surface area (Å²) in [5.74, 6) is -0.830. The van der Waals surface area contributed by atoms with Crippen LogP contribution in [0.15, 0.2) is 41.5 Å². The molecule has 0 aliphatic rings. The summed E-state index contributed by atoms with van der Waals surface area (Å²) in [5.41, 5.74) is -0.0381. The third-order valence-electron chi connectivity index (χ3n) is 3.80. The molecule has 0 aliphatic heterocycles. The number of aliphatic hydroxyl groups excluding tert-OH is 1. The standard InChI is InChI=1S/C21H24Cl2N2O6/c1-5-9-29-20(28)25-14(19(27)31-21(2,3)4)10-16(26)18-24-15(11-30-18)17-12(22)7-6-8-13(17)23/h5-8,11,14,16,26H,1,9-10H2,2-4H3,(H,25,28)/t14?,16-/m0/s1. The van der Waals surface area contributed by atoms with E-state index in [1.165, 1.54) is 12.3 Å². The summed E-state index contributed by atoms with van der Waals surface area (Å²) in [6.07, 6.45) is 0.199. The zero-order chi connectivity index (χ0) is 23.2. The molecule has 0 spiro atoms. The van der Waals surface area contributed by atoms with E-state index in [2.05, 4.69) is 16.9 Å². The van der Waals surface area contributed by atoms with Crippen LogP contribution >= 0.6 is 23.2 Å². The summed E-state index contributed by atoms with van der Waals surface area (Å²) in [6.45, 7) is 8.45. The summed E-state index contributed by atoms with van der Waals surface area (Å²) >= 11 is 12.4. The van der Waals surface area contributed by atoms with Gasteiger partial charge in [-0.25, -0.2) is 14.6 Å². The van der Waals surface area contributed by atoms with Crippen LogP contribution in [0, 0.1) is 0 Å². The van der Waals surface area contributed by atoms with E-state index in [9.17, 15) is 14.7 Å². The van der Waals surface area contributed by atoms with Gasteiger partial charge in [-0.15, -0.1) is 0 Å². The molecule has 2 N–H and O–H groups in total. The second kappa shape index (κ2) is 10.7. The maximum Gasteiger partial charge on any atom is 0.408 e. The molecule has 1 amide bonds.